The Morgan fingerprint density at radius 3 is 2.15 bits per heavy atom. The summed E-state index contributed by atoms with van der Waals surface area (Å²) in [5, 5.41) is 0. The molecule has 4 heteroatoms. The molecule has 20 heavy (non-hydrogen) atoms. The highest BCUT2D eigenvalue weighted by Crippen LogP contribution is 2.33. The molecule has 3 nitrogen and oxygen atoms in total. The lowest BCUT2D eigenvalue weighted by atomic mass is 9.79. The lowest BCUT2D eigenvalue weighted by Crippen LogP contribution is -2.40. The van der Waals surface area contributed by atoms with Crippen LogP contribution in [0.3, 0.4) is 0 Å². The number of aromatic nitrogens is 1. The molecule has 0 atom stereocenters. The summed E-state index contributed by atoms with van der Waals surface area (Å²) in [7, 11) is 2.22. The van der Waals surface area contributed by atoms with Gasteiger partial charge in [-0.2, -0.15) is 0 Å². The normalized spacial score (nSPS) is 23.2. The zero-order valence-electron chi connectivity index (χ0n) is 12.3. The van der Waals surface area contributed by atoms with E-state index >= 15 is 0 Å². The summed E-state index contributed by atoms with van der Waals surface area (Å²) in [5.41, 5.74) is 0. The molecule has 0 saturated carbocycles. The van der Waals surface area contributed by atoms with Crippen molar-refractivity contribution < 1.29 is 4.39 Å². The summed E-state index contributed by atoms with van der Waals surface area (Å²) >= 11 is 0. The zero-order valence-corrected chi connectivity index (χ0v) is 12.3. The largest absolute Gasteiger partial charge is 0.357 e. The molecular formula is C16H24FN3. The predicted molar refractivity (Wildman–Crippen MR) is 79.4 cm³/mol. The number of hydrogen-bond donors (Lipinski definition) is 0. The average molecular weight is 277 g/mol. The third kappa shape index (κ3) is 3.11. The van der Waals surface area contributed by atoms with Gasteiger partial charge in [0.15, 0.2) is 0 Å². The van der Waals surface area contributed by atoms with Crippen LogP contribution in [-0.2, 0) is 0 Å². The van der Waals surface area contributed by atoms with E-state index in [1.54, 1.807) is 6.07 Å². The van der Waals surface area contributed by atoms with Crippen molar-refractivity contribution in [3.63, 3.8) is 0 Å². The molecule has 2 aliphatic rings. The fraction of sp³-hybridized carbons (Fsp3) is 0.688. The van der Waals surface area contributed by atoms with Crippen molar-refractivity contribution in [2.75, 3.05) is 38.1 Å². The highest BCUT2D eigenvalue weighted by atomic mass is 19.1. The number of anilines is 1. The van der Waals surface area contributed by atoms with E-state index in [4.69, 9.17) is 0 Å². The minimum absolute atomic E-state index is 0.255. The van der Waals surface area contributed by atoms with E-state index in [1.807, 2.05) is 0 Å². The molecule has 1 aromatic rings. The topological polar surface area (TPSA) is 19.4 Å². The third-order valence-corrected chi connectivity index (χ3v) is 5.01. The molecule has 0 radical (unpaired) electrons. The van der Waals surface area contributed by atoms with E-state index in [0.717, 1.165) is 30.7 Å². The Morgan fingerprint density at radius 2 is 1.60 bits per heavy atom. The number of rotatable bonds is 2. The number of pyridine rings is 1. The van der Waals surface area contributed by atoms with Crippen LogP contribution in [0.2, 0.25) is 0 Å². The average Bonchev–Trinajstić information content (AvgIpc) is 2.49. The van der Waals surface area contributed by atoms with Crippen LogP contribution in [0.1, 0.15) is 25.7 Å². The van der Waals surface area contributed by atoms with Gasteiger partial charge in [-0.25, -0.2) is 9.37 Å². The van der Waals surface area contributed by atoms with E-state index in [1.165, 1.54) is 51.0 Å². The first kappa shape index (κ1) is 13.8. The molecule has 0 N–H and O–H groups in total. The molecule has 3 heterocycles. The van der Waals surface area contributed by atoms with Crippen molar-refractivity contribution in [1.29, 1.82) is 0 Å². The number of piperidine rings is 2. The maximum atomic E-state index is 12.9. The van der Waals surface area contributed by atoms with Crippen molar-refractivity contribution in [1.82, 2.24) is 9.88 Å². The first-order valence-corrected chi connectivity index (χ1v) is 7.77. The molecule has 0 aromatic carbocycles. The van der Waals surface area contributed by atoms with Gasteiger partial charge in [-0.1, -0.05) is 0 Å². The van der Waals surface area contributed by atoms with Gasteiger partial charge in [-0.05, 0) is 69.8 Å². The van der Waals surface area contributed by atoms with E-state index in [0.29, 0.717) is 0 Å². The lowest BCUT2D eigenvalue weighted by Gasteiger charge is -2.39. The number of halogens is 1. The second-order valence-corrected chi connectivity index (χ2v) is 6.30. The van der Waals surface area contributed by atoms with Crippen LogP contribution in [0.25, 0.3) is 0 Å². The summed E-state index contributed by atoms with van der Waals surface area (Å²) < 4.78 is 12.9. The Kier molecular flexibility index (Phi) is 4.20. The summed E-state index contributed by atoms with van der Waals surface area (Å²) in [6.45, 7) is 4.64. The van der Waals surface area contributed by atoms with Crippen molar-refractivity contribution in [2.45, 2.75) is 25.7 Å². The quantitative estimate of drug-likeness (QED) is 0.828. The predicted octanol–water partition coefficient (Wildman–Crippen LogP) is 2.78. The lowest BCUT2D eigenvalue weighted by molar-refractivity contribution is 0.154. The van der Waals surface area contributed by atoms with Crippen molar-refractivity contribution >= 4 is 5.82 Å². The van der Waals surface area contributed by atoms with Crippen molar-refractivity contribution in [3.05, 3.63) is 24.1 Å². The van der Waals surface area contributed by atoms with E-state index < -0.39 is 0 Å². The highest BCUT2D eigenvalue weighted by Gasteiger charge is 2.29. The molecule has 1 aromatic heterocycles. The number of likely N-dealkylation sites (tertiary alicyclic amines) is 1. The van der Waals surface area contributed by atoms with Crippen LogP contribution in [-0.4, -0.2) is 43.1 Å². The van der Waals surface area contributed by atoms with Gasteiger partial charge in [0.2, 0.25) is 0 Å². The Morgan fingerprint density at radius 1 is 1.00 bits per heavy atom. The highest BCUT2D eigenvalue weighted by molar-refractivity contribution is 5.38. The van der Waals surface area contributed by atoms with E-state index in [2.05, 4.69) is 21.8 Å². The second kappa shape index (κ2) is 6.08. The molecular weight excluding hydrogens is 253 g/mol. The molecule has 2 aliphatic heterocycles. The van der Waals surface area contributed by atoms with Gasteiger partial charge < -0.3 is 9.80 Å². The van der Waals surface area contributed by atoms with Gasteiger partial charge in [0.1, 0.15) is 11.6 Å². The molecule has 0 amide bonds. The fourth-order valence-electron chi connectivity index (χ4n) is 3.65. The fourth-order valence-corrected chi connectivity index (χ4v) is 3.65. The third-order valence-electron chi connectivity index (χ3n) is 5.01. The number of hydrogen-bond acceptors (Lipinski definition) is 3. The minimum atomic E-state index is -0.255. The minimum Gasteiger partial charge on any atom is -0.357 e. The molecule has 110 valence electrons. The van der Waals surface area contributed by atoms with Gasteiger partial charge >= 0.3 is 0 Å². The van der Waals surface area contributed by atoms with Gasteiger partial charge in [0.25, 0.3) is 0 Å². The second-order valence-electron chi connectivity index (χ2n) is 6.30. The van der Waals surface area contributed by atoms with Crippen LogP contribution < -0.4 is 4.90 Å². The maximum Gasteiger partial charge on any atom is 0.141 e. The zero-order chi connectivity index (χ0) is 13.9. The van der Waals surface area contributed by atoms with Crippen molar-refractivity contribution in [3.8, 4) is 0 Å². The first-order valence-electron chi connectivity index (χ1n) is 7.77. The van der Waals surface area contributed by atoms with Gasteiger partial charge in [-0.15, -0.1) is 0 Å². The summed E-state index contributed by atoms with van der Waals surface area (Å²) in [6, 6.07) is 3.30. The maximum absolute atomic E-state index is 12.9. The Labute approximate surface area is 120 Å². The Hall–Kier alpha value is -1.16. The molecule has 0 aliphatic carbocycles. The SMILES string of the molecule is CN1CCC(C2CCN(c3ccc(F)cn3)CC2)CC1. The summed E-state index contributed by atoms with van der Waals surface area (Å²) in [5.74, 6) is 2.46. The molecule has 2 saturated heterocycles. The summed E-state index contributed by atoms with van der Waals surface area (Å²) in [4.78, 5) is 8.93. The summed E-state index contributed by atoms with van der Waals surface area (Å²) in [6.07, 6.45) is 6.55. The van der Waals surface area contributed by atoms with Crippen LogP contribution >= 0.6 is 0 Å². The van der Waals surface area contributed by atoms with Crippen LogP contribution in [0.15, 0.2) is 18.3 Å². The van der Waals surface area contributed by atoms with E-state index in [9.17, 15) is 4.39 Å². The monoisotopic (exact) mass is 277 g/mol. The first-order chi connectivity index (χ1) is 9.72. The van der Waals surface area contributed by atoms with Crippen LogP contribution in [0, 0.1) is 17.7 Å². The Bertz CT molecular complexity index is 418. The van der Waals surface area contributed by atoms with Crippen molar-refractivity contribution in [2.24, 2.45) is 11.8 Å². The van der Waals surface area contributed by atoms with E-state index in [-0.39, 0.29) is 5.82 Å². The molecule has 3 rings (SSSR count). The van der Waals surface area contributed by atoms with Gasteiger partial charge in [-0.3, -0.25) is 0 Å². The Balaban J connectivity index is 1.53. The van der Waals surface area contributed by atoms with Crippen LogP contribution in [0.5, 0.6) is 0 Å². The molecule has 0 spiro atoms. The smallest absolute Gasteiger partial charge is 0.141 e. The standard InChI is InChI=1S/C16H24FN3/c1-19-8-4-13(5-9-19)14-6-10-20(11-7-14)16-3-2-15(17)12-18-16/h2-3,12-14H,4-11H2,1H3. The van der Waals surface area contributed by atoms with Gasteiger partial charge in [0.05, 0.1) is 6.20 Å². The number of nitrogens with zero attached hydrogens (tertiary/aromatic N) is 3. The molecule has 0 bridgehead atoms. The van der Waals surface area contributed by atoms with Crippen LogP contribution in [0.4, 0.5) is 10.2 Å². The molecule has 0 unspecified atom stereocenters. The molecule has 2 fully saturated rings. The van der Waals surface area contributed by atoms with Gasteiger partial charge in [0, 0.05) is 13.1 Å².